The summed E-state index contributed by atoms with van der Waals surface area (Å²) in [4.78, 5) is 26.7. The van der Waals surface area contributed by atoms with E-state index in [9.17, 15) is 9.59 Å². The Balaban J connectivity index is 1.52. The predicted octanol–water partition coefficient (Wildman–Crippen LogP) is 4.11. The molecule has 130 valence electrons. The molecule has 4 nitrogen and oxygen atoms in total. The Labute approximate surface area is 152 Å². The lowest BCUT2D eigenvalue weighted by Gasteiger charge is -2.17. The summed E-state index contributed by atoms with van der Waals surface area (Å²) >= 11 is 0. The van der Waals surface area contributed by atoms with Crippen molar-refractivity contribution in [2.45, 2.75) is 13.3 Å². The van der Waals surface area contributed by atoms with Crippen LogP contribution in [0.3, 0.4) is 0 Å². The number of carbonyl (C=O) groups is 2. The molecule has 1 amide bonds. The second-order valence-electron chi connectivity index (χ2n) is 6.64. The molecule has 1 atom stereocenters. The van der Waals surface area contributed by atoms with Gasteiger partial charge in [-0.3, -0.25) is 9.59 Å². The number of fused-ring (bicyclic) bond motifs is 1. The fourth-order valence-electron chi connectivity index (χ4n) is 3.32. The summed E-state index contributed by atoms with van der Waals surface area (Å²) in [7, 11) is 0. The zero-order valence-corrected chi connectivity index (χ0v) is 14.5. The van der Waals surface area contributed by atoms with Crippen LogP contribution in [0.25, 0.3) is 10.8 Å². The number of nitrogens with zero attached hydrogens (tertiary/aromatic N) is 1. The number of carbonyl (C=O) groups excluding carboxylic acids is 2. The first-order valence-electron chi connectivity index (χ1n) is 8.68. The van der Waals surface area contributed by atoms with Crippen molar-refractivity contribution in [3.63, 3.8) is 0 Å². The molecule has 0 N–H and O–H groups in total. The van der Waals surface area contributed by atoms with E-state index in [2.05, 4.69) is 0 Å². The van der Waals surface area contributed by atoms with Gasteiger partial charge in [-0.05, 0) is 30.5 Å². The Morgan fingerprint density at radius 1 is 1.00 bits per heavy atom. The van der Waals surface area contributed by atoms with Gasteiger partial charge in [0.25, 0.3) is 0 Å². The Morgan fingerprint density at radius 3 is 2.54 bits per heavy atom. The molecule has 0 aliphatic carbocycles. The monoisotopic (exact) mass is 345 g/mol. The van der Waals surface area contributed by atoms with E-state index in [0.717, 1.165) is 22.0 Å². The minimum absolute atomic E-state index is 0.0475. The van der Waals surface area contributed by atoms with Gasteiger partial charge in [-0.2, -0.15) is 0 Å². The van der Waals surface area contributed by atoms with Crippen molar-refractivity contribution in [2.75, 3.05) is 11.4 Å². The number of benzene rings is 3. The number of hydrogen-bond acceptors (Lipinski definition) is 3. The molecular formula is C22H19NO3. The number of rotatable bonds is 3. The van der Waals surface area contributed by atoms with Crippen molar-refractivity contribution in [1.82, 2.24) is 0 Å². The molecule has 4 rings (SSSR count). The first kappa shape index (κ1) is 16.3. The van der Waals surface area contributed by atoms with Crippen molar-refractivity contribution < 1.29 is 14.3 Å². The van der Waals surface area contributed by atoms with Gasteiger partial charge in [-0.1, -0.05) is 54.1 Å². The van der Waals surface area contributed by atoms with Crippen molar-refractivity contribution in [1.29, 1.82) is 0 Å². The van der Waals surface area contributed by atoms with Gasteiger partial charge in [-0.15, -0.1) is 0 Å². The van der Waals surface area contributed by atoms with Gasteiger partial charge in [0.05, 0.1) is 5.92 Å². The third-order valence-corrected chi connectivity index (χ3v) is 4.76. The van der Waals surface area contributed by atoms with E-state index >= 15 is 0 Å². The standard InChI is InChI=1S/C22H19NO3/c1-15-9-11-18(12-10-15)23-14-17(13-21(23)24)22(25)26-20-8-4-6-16-5-2-3-7-19(16)20/h2-12,17H,13-14H2,1H3. The highest BCUT2D eigenvalue weighted by Crippen LogP contribution is 2.29. The molecule has 1 aliphatic heterocycles. The fourth-order valence-corrected chi connectivity index (χ4v) is 3.32. The summed E-state index contributed by atoms with van der Waals surface area (Å²) in [5, 5.41) is 1.91. The number of esters is 1. The third-order valence-electron chi connectivity index (χ3n) is 4.76. The first-order valence-corrected chi connectivity index (χ1v) is 8.68. The summed E-state index contributed by atoms with van der Waals surface area (Å²) in [6.07, 6.45) is 0.178. The number of amides is 1. The van der Waals surface area contributed by atoms with E-state index in [1.807, 2.05) is 67.6 Å². The quantitative estimate of drug-likeness (QED) is 0.530. The van der Waals surface area contributed by atoms with E-state index in [0.29, 0.717) is 12.3 Å². The average molecular weight is 345 g/mol. The predicted molar refractivity (Wildman–Crippen MR) is 101 cm³/mol. The molecule has 0 radical (unpaired) electrons. The van der Waals surface area contributed by atoms with Crippen LogP contribution in [0.4, 0.5) is 5.69 Å². The van der Waals surface area contributed by atoms with E-state index in [-0.39, 0.29) is 18.3 Å². The van der Waals surface area contributed by atoms with Crippen LogP contribution in [0.1, 0.15) is 12.0 Å². The van der Waals surface area contributed by atoms with Crippen LogP contribution in [0.15, 0.2) is 66.7 Å². The largest absolute Gasteiger partial charge is 0.426 e. The highest BCUT2D eigenvalue weighted by atomic mass is 16.5. The molecule has 0 aromatic heterocycles. The minimum atomic E-state index is -0.456. The Morgan fingerprint density at radius 2 is 1.73 bits per heavy atom. The highest BCUT2D eigenvalue weighted by molar-refractivity contribution is 6.00. The molecule has 1 saturated heterocycles. The van der Waals surface area contributed by atoms with Gasteiger partial charge in [0.15, 0.2) is 0 Å². The highest BCUT2D eigenvalue weighted by Gasteiger charge is 2.36. The van der Waals surface area contributed by atoms with Crippen LogP contribution < -0.4 is 9.64 Å². The van der Waals surface area contributed by atoms with Gasteiger partial charge < -0.3 is 9.64 Å². The smallest absolute Gasteiger partial charge is 0.316 e. The summed E-state index contributed by atoms with van der Waals surface area (Å²) in [6.45, 7) is 2.35. The summed E-state index contributed by atoms with van der Waals surface area (Å²) in [5.74, 6) is -0.324. The van der Waals surface area contributed by atoms with E-state index in [1.54, 1.807) is 11.0 Å². The van der Waals surface area contributed by atoms with E-state index < -0.39 is 5.92 Å². The summed E-state index contributed by atoms with van der Waals surface area (Å²) in [5.41, 5.74) is 1.95. The van der Waals surface area contributed by atoms with Crippen LogP contribution in [-0.2, 0) is 9.59 Å². The fraction of sp³-hybridized carbons (Fsp3) is 0.182. The van der Waals surface area contributed by atoms with Crippen LogP contribution in [0.5, 0.6) is 5.75 Å². The molecule has 0 saturated carbocycles. The van der Waals surface area contributed by atoms with Gasteiger partial charge >= 0.3 is 5.97 Å². The minimum Gasteiger partial charge on any atom is -0.426 e. The first-order chi connectivity index (χ1) is 12.6. The van der Waals surface area contributed by atoms with Gasteiger partial charge in [-0.25, -0.2) is 0 Å². The third kappa shape index (κ3) is 3.06. The lowest BCUT2D eigenvalue weighted by molar-refractivity contribution is -0.138. The van der Waals surface area contributed by atoms with Crippen molar-refractivity contribution in [3.05, 3.63) is 72.3 Å². The van der Waals surface area contributed by atoms with Crippen LogP contribution in [-0.4, -0.2) is 18.4 Å². The zero-order valence-electron chi connectivity index (χ0n) is 14.5. The van der Waals surface area contributed by atoms with Crippen molar-refractivity contribution >= 4 is 28.3 Å². The van der Waals surface area contributed by atoms with Crippen LogP contribution >= 0.6 is 0 Å². The molecule has 1 heterocycles. The number of aryl methyl sites for hydroxylation is 1. The molecule has 0 bridgehead atoms. The number of hydrogen-bond donors (Lipinski definition) is 0. The summed E-state index contributed by atoms with van der Waals surface area (Å²) < 4.78 is 5.65. The second kappa shape index (κ2) is 6.64. The van der Waals surface area contributed by atoms with Gasteiger partial charge in [0, 0.05) is 24.0 Å². The molecule has 1 aliphatic rings. The molecule has 26 heavy (non-hydrogen) atoms. The molecule has 0 spiro atoms. The van der Waals surface area contributed by atoms with Gasteiger partial charge in [0.1, 0.15) is 5.75 Å². The molecule has 1 unspecified atom stereocenters. The SMILES string of the molecule is Cc1ccc(N2CC(C(=O)Oc3cccc4ccccc34)CC2=O)cc1. The Hall–Kier alpha value is -3.14. The normalized spacial score (nSPS) is 16.9. The van der Waals surface area contributed by atoms with Gasteiger partial charge in [0.2, 0.25) is 5.91 Å². The van der Waals surface area contributed by atoms with Crippen molar-refractivity contribution in [2.24, 2.45) is 5.92 Å². The van der Waals surface area contributed by atoms with Crippen LogP contribution in [0.2, 0.25) is 0 Å². The van der Waals surface area contributed by atoms with Crippen LogP contribution in [0, 0.1) is 12.8 Å². The topological polar surface area (TPSA) is 46.6 Å². The lowest BCUT2D eigenvalue weighted by atomic mass is 10.1. The number of anilines is 1. The van der Waals surface area contributed by atoms with E-state index in [1.165, 1.54) is 0 Å². The Kier molecular flexibility index (Phi) is 4.17. The maximum Gasteiger partial charge on any atom is 0.316 e. The lowest BCUT2D eigenvalue weighted by Crippen LogP contribution is -2.27. The molecule has 1 fully saturated rings. The van der Waals surface area contributed by atoms with E-state index in [4.69, 9.17) is 4.74 Å². The molecule has 3 aromatic carbocycles. The zero-order chi connectivity index (χ0) is 18.1. The maximum absolute atomic E-state index is 12.6. The van der Waals surface area contributed by atoms with Crippen molar-refractivity contribution in [3.8, 4) is 5.75 Å². The summed E-state index contributed by atoms with van der Waals surface area (Å²) in [6, 6.07) is 21.1. The number of ether oxygens (including phenoxy) is 1. The second-order valence-corrected chi connectivity index (χ2v) is 6.64. The molecule has 3 aromatic rings. The molecule has 4 heteroatoms. The maximum atomic E-state index is 12.6. The average Bonchev–Trinajstić information content (AvgIpc) is 3.05. The Bertz CT molecular complexity index is 973. The molecular weight excluding hydrogens is 326 g/mol.